The second-order valence-corrected chi connectivity index (χ2v) is 5.31. The average molecular weight is 352 g/mol. The number of hydrogen-bond acceptors (Lipinski definition) is 2. The standard InChI is InChI=1S/C16H15BrFNO2/c1-2-9-21-13-6-4-12(5-7-13)19-16(20)11-3-8-15(18)14(17)10-11/h3-8,10H,2,9H2,1H3,(H,19,20). The second-order valence-electron chi connectivity index (χ2n) is 4.46. The van der Waals surface area contributed by atoms with Crippen LogP contribution in [0.4, 0.5) is 10.1 Å². The van der Waals surface area contributed by atoms with Crippen molar-refractivity contribution in [3.05, 3.63) is 58.3 Å². The Morgan fingerprint density at radius 1 is 1.24 bits per heavy atom. The summed E-state index contributed by atoms with van der Waals surface area (Å²) in [4.78, 5) is 12.0. The summed E-state index contributed by atoms with van der Waals surface area (Å²) >= 11 is 3.06. The zero-order valence-electron chi connectivity index (χ0n) is 11.5. The molecule has 0 heterocycles. The molecule has 110 valence electrons. The van der Waals surface area contributed by atoms with Crippen LogP contribution in [0.3, 0.4) is 0 Å². The molecule has 0 fully saturated rings. The van der Waals surface area contributed by atoms with Crippen LogP contribution < -0.4 is 10.1 Å². The molecule has 0 radical (unpaired) electrons. The zero-order valence-corrected chi connectivity index (χ0v) is 13.1. The van der Waals surface area contributed by atoms with E-state index >= 15 is 0 Å². The van der Waals surface area contributed by atoms with E-state index in [1.165, 1.54) is 18.2 Å². The minimum atomic E-state index is -0.399. The van der Waals surface area contributed by atoms with E-state index in [0.717, 1.165) is 12.2 Å². The Morgan fingerprint density at radius 3 is 2.57 bits per heavy atom. The molecule has 2 aromatic rings. The molecular formula is C16H15BrFNO2. The number of amides is 1. The van der Waals surface area contributed by atoms with Gasteiger partial charge in [0.15, 0.2) is 0 Å². The van der Waals surface area contributed by atoms with Crippen LogP contribution >= 0.6 is 15.9 Å². The van der Waals surface area contributed by atoms with Crippen LogP contribution in [0.1, 0.15) is 23.7 Å². The van der Waals surface area contributed by atoms with Crippen molar-refractivity contribution in [2.24, 2.45) is 0 Å². The molecule has 2 rings (SSSR count). The van der Waals surface area contributed by atoms with Crippen molar-refractivity contribution < 1.29 is 13.9 Å². The Hall–Kier alpha value is -1.88. The molecule has 21 heavy (non-hydrogen) atoms. The largest absolute Gasteiger partial charge is 0.494 e. The maximum absolute atomic E-state index is 13.1. The maximum atomic E-state index is 13.1. The van der Waals surface area contributed by atoms with Gasteiger partial charge in [0.2, 0.25) is 0 Å². The highest BCUT2D eigenvalue weighted by Gasteiger charge is 2.09. The number of hydrogen-bond donors (Lipinski definition) is 1. The van der Waals surface area contributed by atoms with E-state index in [1.54, 1.807) is 24.3 Å². The van der Waals surface area contributed by atoms with Gasteiger partial charge in [-0.15, -0.1) is 0 Å². The minimum Gasteiger partial charge on any atom is -0.494 e. The normalized spacial score (nSPS) is 10.2. The summed E-state index contributed by atoms with van der Waals surface area (Å²) in [6.45, 7) is 2.70. The fraction of sp³-hybridized carbons (Fsp3) is 0.188. The number of halogens is 2. The first-order valence-corrected chi connectivity index (χ1v) is 7.38. The van der Waals surface area contributed by atoms with Crippen LogP contribution in [0.5, 0.6) is 5.75 Å². The number of carbonyl (C=O) groups is 1. The molecule has 0 spiro atoms. The number of rotatable bonds is 5. The Bertz CT molecular complexity index is 629. The Kier molecular flexibility index (Phi) is 5.33. The van der Waals surface area contributed by atoms with E-state index in [1.807, 2.05) is 6.92 Å². The van der Waals surface area contributed by atoms with Crippen molar-refractivity contribution in [1.29, 1.82) is 0 Å². The summed E-state index contributed by atoms with van der Waals surface area (Å²) in [5, 5.41) is 2.75. The molecule has 0 aliphatic heterocycles. The van der Waals surface area contributed by atoms with Crippen molar-refractivity contribution in [3.63, 3.8) is 0 Å². The first-order chi connectivity index (χ1) is 10.1. The van der Waals surface area contributed by atoms with E-state index in [-0.39, 0.29) is 10.4 Å². The molecule has 0 aliphatic carbocycles. The Balaban J connectivity index is 2.03. The van der Waals surface area contributed by atoms with Gasteiger partial charge in [0, 0.05) is 11.3 Å². The van der Waals surface area contributed by atoms with Gasteiger partial charge in [0.25, 0.3) is 5.91 Å². The average Bonchev–Trinajstić information content (AvgIpc) is 2.49. The van der Waals surface area contributed by atoms with Gasteiger partial charge in [-0.25, -0.2) is 4.39 Å². The molecule has 2 aromatic carbocycles. The highest BCUT2D eigenvalue weighted by atomic mass is 79.9. The molecule has 0 bridgehead atoms. The van der Waals surface area contributed by atoms with Crippen LogP contribution in [-0.2, 0) is 0 Å². The van der Waals surface area contributed by atoms with E-state index in [0.29, 0.717) is 17.9 Å². The number of anilines is 1. The number of nitrogens with one attached hydrogen (secondary N) is 1. The zero-order chi connectivity index (χ0) is 15.2. The lowest BCUT2D eigenvalue weighted by molar-refractivity contribution is 0.102. The highest BCUT2D eigenvalue weighted by molar-refractivity contribution is 9.10. The van der Waals surface area contributed by atoms with E-state index in [9.17, 15) is 9.18 Å². The summed E-state index contributed by atoms with van der Waals surface area (Å²) in [7, 11) is 0. The van der Waals surface area contributed by atoms with Crippen molar-refractivity contribution in [3.8, 4) is 5.75 Å². The topological polar surface area (TPSA) is 38.3 Å². The number of benzene rings is 2. The minimum absolute atomic E-state index is 0.262. The van der Waals surface area contributed by atoms with Crippen molar-refractivity contribution in [2.45, 2.75) is 13.3 Å². The summed E-state index contributed by atoms with van der Waals surface area (Å²) < 4.78 is 18.9. The highest BCUT2D eigenvalue weighted by Crippen LogP contribution is 2.19. The lowest BCUT2D eigenvalue weighted by atomic mass is 10.2. The van der Waals surface area contributed by atoms with Gasteiger partial charge in [0.05, 0.1) is 11.1 Å². The van der Waals surface area contributed by atoms with Gasteiger partial charge in [-0.1, -0.05) is 6.92 Å². The first kappa shape index (κ1) is 15.5. The van der Waals surface area contributed by atoms with Gasteiger partial charge in [-0.05, 0) is 64.8 Å². The van der Waals surface area contributed by atoms with Crippen LogP contribution in [-0.4, -0.2) is 12.5 Å². The Morgan fingerprint density at radius 2 is 1.95 bits per heavy atom. The molecule has 0 aliphatic rings. The molecule has 0 atom stereocenters. The Labute approximate surface area is 131 Å². The third kappa shape index (κ3) is 4.29. The van der Waals surface area contributed by atoms with E-state index in [4.69, 9.17) is 4.74 Å². The number of ether oxygens (including phenoxy) is 1. The third-order valence-electron chi connectivity index (χ3n) is 2.77. The van der Waals surface area contributed by atoms with E-state index in [2.05, 4.69) is 21.2 Å². The molecule has 0 saturated carbocycles. The van der Waals surface area contributed by atoms with Crippen molar-refractivity contribution in [2.75, 3.05) is 11.9 Å². The predicted octanol–water partition coefficient (Wildman–Crippen LogP) is 4.63. The van der Waals surface area contributed by atoms with Gasteiger partial charge in [-0.3, -0.25) is 4.79 Å². The molecular weight excluding hydrogens is 337 g/mol. The molecule has 0 aromatic heterocycles. The van der Waals surface area contributed by atoms with Crippen LogP contribution in [0.15, 0.2) is 46.9 Å². The molecule has 0 saturated heterocycles. The fourth-order valence-electron chi connectivity index (χ4n) is 1.70. The van der Waals surface area contributed by atoms with Gasteiger partial charge >= 0.3 is 0 Å². The smallest absolute Gasteiger partial charge is 0.255 e. The third-order valence-corrected chi connectivity index (χ3v) is 3.37. The monoisotopic (exact) mass is 351 g/mol. The lowest BCUT2D eigenvalue weighted by Crippen LogP contribution is -2.12. The molecule has 0 unspecified atom stereocenters. The molecule has 1 amide bonds. The van der Waals surface area contributed by atoms with Crippen molar-refractivity contribution >= 4 is 27.5 Å². The van der Waals surface area contributed by atoms with Gasteiger partial charge < -0.3 is 10.1 Å². The molecule has 3 nitrogen and oxygen atoms in total. The molecule has 1 N–H and O–H groups in total. The summed E-state index contributed by atoms with van der Waals surface area (Å²) in [5.41, 5.74) is 1.04. The predicted molar refractivity (Wildman–Crippen MR) is 84.3 cm³/mol. The number of carbonyl (C=O) groups excluding carboxylic acids is 1. The fourth-order valence-corrected chi connectivity index (χ4v) is 2.07. The quantitative estimate of drug-likeness (QED) is 0.852. The first-order valence-electron chi connectivity index (χ1n) is 6.59. The van der Waals surface area contributed by atoms with Crippen molar-refractivity contribution in [1.82, 2.24) is 0 Å². The summed E-state index contributed by atoms with van der Waals surface area (Å²) in [6, 6.07) is 11.3. The lowest BCUT2D eigenvalue weighted by Gasteiger charge is -2.08. The molecule has 5 heteroatoms. The second kappa shape index (κ2) is 7.22. The maximum Gasteiger partial charge on any atom is 0.255 e. The van der Waals surface area contributed by atoms with E-state index < -0.39 is 5.82 Å². The van der Waals surface area contributed by atoms with Crippen LogP contribution in [0.25, 0.3) is 0 Å². The van der Waals surface area contributed by atoms with Gasteiger partial charge in [0.1, 0.15) is 11.6 Å². The SMILES string of the molecule is CCCOc1ccc(NC(=O)c2ccc(F)c(Br)c2)cc1. The van der Waals surface area contributed by atoms with Crippen LogP contribution in [0.2, 0.25) is 0 Å². The summed E-state index contributed by atoms with van der Waals surface area (Å²) in [6.07, 6.45) is 0.942. The van der Waals surface area contributed by atoms with Crippen LogP contribution in [0, 0.1) is 5.82 Å². The summed E-state index contributed by atoms with van der Waals surface area (Å²) in [5.74, 6) is 0.0706. The van der Waals surface area contributed by atoms with Gasteiger partial charge in [-0.2, -0.15) is 0 Å².